The number of nitrogens with zero attached hydrogens (tertiary/aromatic N) is 4. The highest BCUT2D eigenvalue weighted by atomic mass is 16.2. The van der Waals surface area contributed by atoms with Crippen molar-refractivity contribution in [3.63, 3.8) is 0 Å². The fourth-order valence-corrected chi connectivity index (χ4v) is 2.86. The van der Waals surface area contributed by atoms with Crippen molar-refractivity contribution in [1.29, 1.82) is 0 Å². The number of pyridine rings is 1. The van der Waals surface area contributed by atoms with Gasteiger partial charge in [0, 0.05) is 12.7 Å². The maximum Gasteiger partial charge on any atom is 0.357 e. The molecule has 7 heteroatoms. The lowest BCUT2D eigenvalue weighted by atomic mass is 10.1. The molecule has 2 aromatic heterocycles. The fourth-order valence-electron chi connectivity index (χ4n) is 2.86. The van der Waals surface area contributed by atoms with Crippen LogP contribution >= 0.6 is 0 Å². The maximum atomic E-state index is 12.3. The molecule has 2 aromatic rings. The third-order valence-corrected chi connectivity index (χ3v) is 3.89. The van der Waals surface area contributed by atoms with Gasteiger partial charge in [-0.15, -0.1) is 9.78 Å². The Morgan fingerprint density at radius 2 is 2.33 bits per heavy atom. The molecule has 1 atom stereocenters. The minimum Gasteiger partial charge on any atom is -0.319 e. The van der Waals surface area contributed by atoms with E-state index in [4.69, 9.17) is 0 Å². The first kappa shape index (κ1) is 14.0. The first-order valence-electron chi connectivity index (χ1n) is 7.15. The lowest BCUT2D eigenvalue weighted by Crippen LogP contribution is -2.37. The first-order valence-corrected chi connectivity index (χ1v) is 7.15. The summed E-state index contributed by atoms with van der Waals surface area (Å²) in [5.41, 5.74) is 0.0897. The van der Waals surface area contributed by atoms with Crippen molar-refractivity contribution in [3.8, 4) is 0 Å². The molecule has 0 aliphatic carbocycles. The van der Waals surface area contributed by atoms with Crippen LogP contribution in [0.4, 0.5) is 0 Å². The second-order valence-corrected chi connectivity index (χ2v) is 5.46. The summed E-state index contributed by atoms with van der Waals surface area (Å²) in [6.45, 7) is 2.97. The largest absolute Gasteiger partial charge is 0.357 e. The molecule has 1 saturated heterocycles. The normalized spacial score (nSPS) is 19.4. The van der Waals surface area contributed by atoms with Gasteiger partial charge in [0.25, 0.3) is 5.91 Å². The third kappa shape index (κ3) is 2.74. The molecule has 0 aromatic carbocycles. The van der Waals surface area contributed by atoms with Gasteiger partial charge in [0.15, 0.2) is 5.65 Å². The zero-order valence-corrected chi connectivity index (χ0v) is 12.0. The minimum atomic E-state index is -0.401. The van der Waals surface area contributed by atoms with E-state index in [1.54, 1.807) is 24.4 Å². The SMILES string of the molecule is CNCC1CCN(CC(=O)n2nc3ccccn3c2=O)C1. The summed E-state index contributed by atoms with van der Waals surface area (Å²) in [6.07, 6.45) is 2.70. The van der Waals surface area contributed by atoms with E-state index in [1.807, 2.05) is 7.05 Å². The summed E-state index contributed by atoms with van der Waals surface area (Å²) >= 11 is 0. The van der Waals surface area contributed by atoms with Gasteiger partial charge < -0.3 is 5.32 Å². The van der Waals surface area contributed by atoms with Gasteiger partial charge in [-0.25, -0.2) is 9.20 Å². The molecule has 0 radical (unpaired) electrons. The number of nitrogens with one attached hydrogen (secondary N) is 1. The maximum absolute atomic E-state index is 12.3. The Morgan fingerprint density at radius 1 is 1.48 bits per heavy atom. The van der Waals surface area contributed by atoms with Crippen LogP contribution in [0.5, 0.6) is 0 Å². The number of likely N-dealkylation sites (tertiary alicyclic amines) is 1. The summed E-state index contributed by atoms with van der Waals surface area (Å²) in [5, 5.41) is 7.25. The van der Waals surface area contributed by atoms with Crippen LogP contribution in [0.3, 0.4) is 0 Å². The average molecular weight is 289 g/mol. The summed E-state index contributed by atoms with van der Waals surface area (Å²) < 4.78 is 2.35. The van der Waals surface area contributed by atoms with Gasteiger partial charge in [-0.3, -0.25) is 9.69 Å². The van der Waals surface area contributed by atoms with Crippen LogP contribution in [0.25, 0.3) is 5.65 Å². The molecule has 0 saturated carbocycles. The molecule has 1 unspecified atom stereocenters. The number of hydrogen-bond donors (Lipinski definition) is 1. The van der Waals surface area contributed by atoms with Crippen LogP contribution in [0.2, 0.25) is 0 Å². The summed E-state index contributed by atoms with van der Waals surface area (Å²) in [7, 11) is 1.93. The van der Waals surface area contributed by atoms with Crippen molar-refractivity contribution < 1.29 is 4.79 Å². The van der Waals surface area contributed by atoms with E-state index in [0.717, 1.165) is 30.7 Å². The summed E-state index contributed by atoms with van der Waals surface area (Å²) in [6, 6.07) is 5.25. The highest BCUT2D eigenvalue weighted by Gasteiger charge is 2.25. The molecule has 3 heterocycles. The van der Waals surface area contributed by atoms with Crippen molar-refractivity contribution in [2.75, 3.05) is 33.2 Å². The van der Waals surface area contributed by atoms with Crippen LogP contribution in [0.15, 0.2) is 29.2 Å². The van der Waals surface area contributed by atoms with Crippen molar-refractivity contribution in [2.24, 2.45) is 5.92 Å². The number of carbonyl (C=O) groups excluding carboxylic acids is 1. The minimum absolute atomic E-state index is 0.240. The first-order chi connectivity index (χ1) is 10.2. The Morgan fingerprint density at radius 3 is 3.10 bits per heavy atom. The third-order valence-electron chi connectivity index (χ3n) is 3.89. The molecule has 1 N–H and O–H groups in total. The lowest BCUT2D eigenvalue weighted by molar-refractivity contribution is 0.0840. The standard InChI is InChI=1S/C14H19N5O2/c1-15-8-11-5-7-17(9-11)10-13(20)19-14(21)18-6-3-2-4-12(18)16-19/h2-4,6,11,15H,5,7-10H2,1H3. The predicted octanol–water partition coefficient (Wildman–Crippen LogP) is -0.322. The van der Waals surface area contributed by atoms with E-state index >= 15 is 0 Å². The quantitative estimate of drug-likeness (QED) is 0.835. The predicted molar refractivity (Wildman–Crippen MR) is 78.6 cm³/mol. The molecular formula is C14H19N5O2. The molecular weight excluding hydrogens is 270 g/mol. The van der Waals surface area contributed by atoms with Crippen molar-refractivity contribution >= 4 is 11.6 Å². The Balaban J connectivity index is 1.73. The van der Waals surface area contributed by atoms with E-state index < -0.39 is 5.69 Å². The van der Waals surface area contributed by atoms with E-state index in [0.29, 0.717) is 11.6 Å². The van der Waals surface area contributed by atoms with Gasteiger partial charge in [0.2, 0.25) is 0 Å². The Labute approximate surface area is 122 Å². The second-order valence-electron chi connectivity index (χ2n) is 5.46. The van der Waals surface area contributed by atoms with Crippen molar-refractivity contribution in [3.05, 3.63) is 34.9 Å². The van der Waals surface area contributed by atoms with Gasteiger partial charge in [0.05, 0.1) is 6.54 Å². The molecule has 1 aliphatic rings. The highest BCUT2D eigenvalue weighted by Crippen LogP contribution is 2.14. The van der Waals surface area contributed by atoms with Crippen molar-refractivity contribution in [2.45, 2.75) is 6.42 Å². The second kappa shape index (κ2) is 5.79. The number of fused-ring (bicyclic) bond motifs is 1. The van der Waals surface area contributed by atoms with Gasteiger partial charge >= 0.3 is 5.69 Å². The zero-order valence-electron chi connectivity index (χ0n) is 12.0. The van der Waals surface area contributed by atoms with E-state index in [9.17, 15) is 9.59 Å². The molecule has 0 spiro atoms. The van der Waals surface area contributed by atoms with Gasteiger partial charge in [-0.05, 0) is 44.6 Å². The summed E-state index contributed by atoms with van der Waals surface area (Å²) in [5.74, 6) is 0.300. The Kier molecular flexibility index (Phi) is 3.85. The monoisotopic (exact) mass is 289 g/mol. The van der Waals surface area contributed by atoms with E-state index in [-0.39, 0.29) is 12.5 Å². The molecule has 3 rings (SSSR count). The van der Waals surface area contributed by atoms with E-state index in [1.165, 1.54) is 4.40 Å². The Hall–Kier alpha value is -1.99. The molecule has 1 fully saturated rings. The smallest absolute Gasteiger partial charge is 0.319 e. The number of hydrogen-bond acceptors (Lipinski definition) is 5. The lowest BCUT2D eigenvalue weighted by Gasteiger charge is -2.14. The molecule has 112 valence electrons. The van der Waals surface area contributed by atoms with Gasteiger partial charge in [-0.1, -0.05) is 6.07 Å². The van der Waals surface area contributed by atoms with Crippen LogP contribution in [-0.2, 0) is 0 Å². The fraction of sp³-hybridized carbons (Fsp3) is 0.500. The van der Waals surface area contributed by atoms with Crippen LogP contribution in [0, 0.1) is 5.92 Å². The number of aromatic nitrogens is 3. The molecule has 21 heavy (non-hydrogen) atoms. The number of carbonyl (C=O) groups is 1. The highest BCUT2D eigenvalue weighted by molar-refractivity contribution is 5.80. The van der Waals surface area contributed by atoms with Crippen LogP contribution in [-0.4, -0.2) is 58.2 Å². The van der Waals surface area contributed by atoms with Crippen LogP contribution < -0.4 is 11.0 Å². The molecule has 7 nitrogen and oxygen atoms in total. The summed E-state index contributed by atoms with van der Waals surface area (Å²) in [4.78, 5) is 26.5. The Bertz CT molecular complexity index is 705. The van der Waals surface area contributed by atoms with Crippen LogP contribution in [0.1, 0.15) is 11.2 Å². The molecule has 1 aliphatic heterocycles. The molecule has 0 amide bonds. The molecule has 0 bridgehead atoms. The average Bonchev–Trinajstić information content (AvgIpc) is 3.05. The zero-order chi connectivity index (χ0) is 14.8. The van der Waals surface area contributed by atoms with Gasteiger partial charge in [-0.2, -0.15) is 0 Å². The van der Waals surface area contributed by atoms with Crippen molar-refractivity contribution in [1.82, 2.24) is 24.4 Å². The number of rotatable bonds is 4. The van der Waals surface area contributed by atoms with Gasteiger partial charge in [0.1, 0.15) is 0 Å². The topological polar surface area (TPSA) is 71.6 Å². The van der Waals surface area contributed by atoms with E-state index in [2.05, 4.69) is 15.3 Å².